The third kappa shape index (κ3) is 2.37. The van der Waals surface area contributed by atoms with Crippen molar-refractivity contribution in [2.45, 2.75) is 13.0 Å². The molecule has 1 aromatic carbocycles. The second-order valence-electron chi connectivity index (χ2n) is 3.25. The molecule has 1 atom stereocenters. The van der Waals surface area contributed by atoms with E-state index in [1.165, 1.54) is 11.3 Å². The number of benzene rings is 1. The molecule has 78 valence electrons. The van der Waals surface area contributed by atoms with Gasteiger partial charge < -0.3 is 5.11 Å². The molecule has 0 fully saturated rings. The lowest BCUT2D eigenvalue weighted by Gasteiger charge is -1.97. The van der Waals surface area contributed by atoms with Crippen molar-refractivity contribution >= 4 is 22.9 Å². The SMILES string of the molecule is CC(O)c1cnc(-c2cccc(Cl)c2)s1. The Kier molecular flexibility index (Phi) is 3.05. The zero-order chi connectivity index (χ0) is 10.8. The van der Waals surface area contributed by atoms with E-state index in [0.717, 1.165) is 15.4 Å². The highest BCUT2D eigenvalue weighted by molar-refractivity contribution is 7.15. The molecule has 0 bridgehead atoms. The van der Waals surface area contributed by atoms with Gasteiger partial charge in [0.1, 0.15) is 5.01 Å². The number of aliphatic hydroxyl groups is 1. The Morgan fingerprint density at radius 3 is 2.87 bits per heavy atom. The van der Waals surface area contributed by atoms with Crippen LogP contribution in [0.5, 0.6) is 0 Å². The Bertz CT molecular complexity index is 467. The van der Waals surface area contributed by atoms with Crippen molar-refractivity contribution in [3.63, 3.8) is 0 Å². The third-order valence-corrected chi connectivity index (χ3v) is 3.46. The summed E-state index contributed by atoms with van der Waals surface area (Å²) < 4.78 is 0. The quantitative estimate of drug-likeness (QED) is 0.870. The number of aromatic nitrogens is 1. The Hall–Kier alpha value is -0.900. The maximum atomic E-state index is 9.38. The minimum Gasteiger partial charge on any atom is -0.388 e. The molecule has 0 aliphatic rings. The Morgan fingerprint density at radius 2 is 2.27 bits per heavy atom. The van der Waals surface area contributed by atoms with E-state index in [-0.39, 0.29) is 0 Å². The van der Waals surface area contributed by atoms with Crippen LogP contribution in [0.25, 0.3) is 10.6 Å². The van der Waals surface area contributed by atoms with E-state index < -0.39 is 6.10 Å². The van der Waals surface area contributed by atoms with Gasteiger partial charge in [0.15, 0.2) is 0 Å². The van der Waals surface area contributed by atoms with E-state index in [2.05, 4.69) is 4.98 Å². The second-order valence-corrected chi connectivity index (χ2v) is 4.75. The van der Waals surface area contributed by atoms with Crippen molar-refractivity contribution < 1.29 is 5.11 Å². The van der Waals surface area contributed by atoms with Crippen molar-refractivity contribution in [3.05, 3.63) is 40.4 Å². The molecule has 1 aromatic heterocycles. The van der Waals surface area contributed by atoms with Crippen LogP contribution in [0, 0.1) is 0 Å². The Morgan fingerprint density at radius 1 is 1.47 bits per heavy atom. The molecule has 1 unspecified atom stereocenters. The van der Waals surface area contributed by atoms with Gasteiger partial charge >= 0.3 is 0 Å². The monoisotopic (exact) mass is 239 g/mol. The molecule has 1 heterocycles. The molecule has 1 N–H and O–H groups in total. The lowest BCUT2D eigenvalue weighted by atomic mass is 10.2. The normalized spacial score (nSPS) is 12.7. The van der Waals surface area contributed by atoms with Gasteiger partial charge in [-0.2, -0.15) is 0 Å². The van der Waals surface area contributed by atoms with Gasteiger partial charge in [0, 0.05) is 16.8 Å². The van der Waals surface area contributed by atoms with Crippen LogP contribution < -0.4 is 0 Å². The summed E-state index contributed by atoms with van der Waals surface area (Å²) in [4.78, 5) is 5.11. The van der Waals surface area contributed by atoms with Crippen LogP contribution in [0.3, 0.4) is 0 Å². The number of aliphatic hydroxyl groups excluding tert-OH is 1. The number of hydrogen-bond donors (Lipinski definition) is 1. The summed E-state index contributed by atoms with van der Waals surface area (Å²) in [6.45, 7) is 1.73. The first-order valence-electron chi connectivity index (χ1n) is 4.56. The summed E-state index contributed by atoms with van der Waals surface area (Å²) in [6, 6.07) is 7.54. The largest absolute Gasteiger partial charge is 0.388 e. The minimum atomic E-state index is -0.463. The van der Waals surface area contributed by atoms with Crippen LogP contribution in [-0.2, 0) is 0 Å². The first-order valence-corrected chi connectivity index (χ1v) is 5.76. The van der Waals surface area contributed by atoms with Gasteiger partial charge in [-0.3, -0.25) is 0 Å². The molecule has 0 aliphatic carbocycles. The van der Waals surface area contributed by atoms with Crippen LogP contribution in [-0.4, -0.2) is 10.1 Å². The van der Waals surface area contributed by atoms with Gasteiger partial charge in [-0.25, -0.2) is 4.98 Å². The molecule has 0 saturated carbocycles. The van der Waals surface area contributed by atoms with E-state index in [4.69, 9.17) is 11.6 Å². The molecule has 2 nitrogen and oxygen atoms in total. The molecule has 15 heavy (non-hydrogen) atoms. The maximum absolute atomic E-state index is 9.38. The van der Waals surface area contributed by atoms with E-state index in [1.54, 1.807) is 13.1 Å². The summed E-state index contributed by atoms with van der Waals surface area (Å²) in [7, 11) is 0. The highest BCUT2D eigenvalue weighted by Crippen LogP contribution is 2.29. The lowest BCUT2D eigenvalue weighted by Crippen LogP contribution is -1.83. The maximum Gasteiger partial charge on any atom is 0.123 e. The highest BCUT2D eigenvalue weighted by atomic mass is 35.5. The van der Waals surface area contributed by atoms with Crippen molar-refractivity contribution in [1.29, 1.82) is 0 Å². The predicted octanol–water partition coefficient (Wildman–Crippen LogP) is 3.52. The average Bonchev–Trinajstić information content (AvgIpc) is 2.66. The molecule has 0 radical (unpaired) electrons. The van der Waals surface area contributed by atoms with Gasteiger partial charge in [-0.15, -0.1) is 11.3 Å². The molecule has 0 amide bonds. The van der Waals surface area contributed by atoms with Gasteiger partial charge in [-0.05, 0) is 19.1 Å². The fourth-order valence-corrected chi connectivity index (χ4v) is 2.27. The molecule has 0 aliphatic heterocycles. The number of hydrogen-bond acceptors (Lipinski definition) is 3. The topological polar surface area (TPSA) is 33.1 Å². The van der Waals surface area contributed by atoms with E-state index in [1.807, 2.05) is 24.3 Å². The molecular formula is C11H10ClNOS. The second kappa shape index (κ2) is 4.31. The van der Waals surface area contributed by atoms with Crippen LogP contribution in [0.1, 0.15) is 17.9 Å². The van der Waals surface area contributed by atoms with E-state index in [9.17, 15) is 5.11 Å². The number of rotatable bonds is 2. The lowest BCUT2D eigenvalue weighted by molar-refractivity contribution is 0.203. The van der Waals surface area contributed by atoms with Crippen LogP contribution in [0.4, 0.5) is 0 Å². The first kappa shape index (κ1) is 10.6. The predicted molar refractivity (Wildman–Crippen MR) is 63.2 cm³/mol. The molecule has 2 aromatic rings. The van der Waals surface area contributed by atoms with E-state index in [0.29, 0.717) is 5.02 Å². The smallest absolute Gasteiger partial charge is 0.123 e. The number of halogens is 1. The van der Waals surface area contributed by atoms with Crippen molar-refractivity contribution in [2.24, 2.45) is 0 Å². The van der Waals surface area contributed by atoms with Crippen LogP contribution in [0.2, 0.25) is 5.02 Å². The van der Waals surface area contributed by atoms with Gasteiger partial charge in [0.05, 0.1) is 11.0 Å². The molecule has 0 spiro atoms. The minimum absolute atomic E-state index is 0.463. The van der Waals surface area contributed by atoms with Crippen molar-refractivity contribution in [1.82, 2.24) is 4.98 Å². The van der Waals surface area contributed by atoms with Gasteiger partial charge in [0.25, 0.3) is 0 Å². The van der Waals surface area contributed by atoms with Crippen molar-refractivity contribution in [3.8, 4) is 10.6 Å². The average molecular weight is 240 g/mol. The zero-order valence-corrected chi connectivity index (χ0v) is 9.72. The molecule has 2 rings (SSSR count). The van der Waals surface area contributed by atoms with Crippen LogP contribution in [0.15, 0.2) is 30.5 Å². The van der Waals surface area contributed by atoms with E-state index >= 15 is 0 Å². The van der Waals surface area contributed by atoms with Crippen LogP contribution >= 0.6 is 22.9 Å². The molecule has 4 heteroatoms. The fraction of sp³-hybridized carbons (Fsp3) is 0.182. The number of nitrogens with zero attached hydrogens (tertiary/aromatic N) is 1. The van der Waals surface area contributed by atoms with Gasteiger partial charge in [0.2, 0.25) is 0 Å². The summed E-state index contributed by atoms with van der Waals surface area (Å²) >= 11 is 7.37. The summed E-state index contributed by atoms with van der Waals surface area (Å²) in [5.41, 5.74) is 0.986. The van der Waals surface area contributed by atoms with Gasteiger partial charge in [-0.1, -0.05) is 23.7 Å². The summed E-state index contributed by atoms with van der Waals surface area (Å²) in [5.74, 6) is 0. The molecular weight excluding hydrogens is 230 g/mol. The Balaban J connectivity index is 2.37. The first-order chi connectivity index (χ1) is 7.16. The zero-order valence-electron chi connectivity index (χ0n) is 8.14. The van der Waals surface area contributed by atoms with Crippen molar-refractivity contribution in [2.75, 3.05) is 0 Å². The highest BCUT2D eigenvalue weighted by Gasteiger charge is 2.08. The standard InChI is InChI=1S/C11H10ClNOS/c1-7(14)10-6-13-11(15-10)8-3-2-4-9(12)5-8/h2-7,14H,1H3. The molecule has 0 saturated heterocycles. The fourth-order valence-electron chi connectivity index (χ4n) is 1.23. The summed E-state index contributed by atoms with van der Waals surface area (Å²) in [5, 5.41) is 11.0. The summed E-state index contributed by atoms with van der Waals surface area (Å²) in [6.07, 6.45) is 1.24. The Labute approximate surface area is 97.2 Å². The number of thiazole rings is 1. The third-order valence-electron chi connectivity index (χ3n) is 2.01.